The van der Waals surface area contributed by atoms with Crippen molar-refractivity contribution in [1.29, 1.82) is 0 Å². The van der Waals surface area contributed by atoms with Crippen molar-refractivity contribution in [2.45, 2.75) is 19.8 Å². The van der Waals surface area contributed by atoms with Gasteiger partial charge in [0.25, 0.3) is 0 Å². The third-order valence-corrected chi connectivity index (χ3v) is 5.66. The second-order valence-electron chi connectivity index (χ2n) is 4.55. The van der Waals surface area contributed by atoms with Crippen LogP contribution in [0.5, 0.6) is 0 Å². The number of aryl methyl sites for hydroxylation is 1. The van der Waals surface area contributed by atoms with Crippen LogP contribution in [0.25, 0.3) is 0 Å². The first-order valence-corrected chi connectivity index (χ1v) is 9.12. The Bertz CT molecular complexity index is 598. The van der Waals surface area contributed by atoms with Gasteiger partial charge >= 0.3 is 0 Å². The van der Waals surface area contributed by atoms with Crippen molar-refractivity contribution >= 4 is 44.0 Å². The molecule has 19 heavy (non-hydrogen) atoms. The zero-order valence-electron chi connectivity index (χ0n) is 10.7. The van der Waals surface area contributed by atoms with Gasteiger partial charge in [0.1, 0.15) is 0 Å². The summed E-state index contributed by atoms with van der Waals surface area (Å²) in [6, 6.07) is 5.91. The first-order valence-electron chi connectivity index (χ1n) is 6.22. The average Bonchev–Trinajstić information content (AvgIpc) is 2.38. The predicted octanol–water partition coefficient (Wildman–Crippen LogP) is 2.01. The van der Waals surface area contributed by atoms with Crippen LogP contribution in [-0.4, -0.2) is 32.4 Å². The molecule has 4 nitrogen and oxygen atoms in total. The van der Waals surface area contributed by atoms with Crippen LogP contribution in [0.3, 0.4) is 0 Å². The van der Waals surface area contributed by atoms with E-state index in [1.54, 1.807) is 11.8 Å². The SMILES string of the molecule is CCS(=O)(=O)CCN1C(=O)CCc2cc(I)ccc21. The molecule has 0 saturated heterocycles. The van der Waals surface area contributed by atoms with Gasteiger partial charge in [-0.25, -0.2) is 8.42 Å². The van der Waals surface area contributed by atoms with Crippen molar-refractivity contribution < 1.29 is 13.2 Å². The van der Waals surface area contributed by atoms with E-state index < -0.39 is 9.84 Å². The van der Waals surface area contributed by atoms with E-state index in [0.29, 0.717) is 6.42 Å². The van der Waals surface area contributed by atoms with Crippen LogP contribution in [-0.2, 0) is 21.1 Å². The van der Waals surface area contributed by atoms with E-state index in [1.165, 1.54) is 0 Å². The van der Waals surface area contributed by atoms with Gasteiger partial charge in [-0.05, 0) is 52.8 Å². The minimum Gasteiger partial charge on any atom is -0.311 e. The van der Waals surface area contributed by atoms with Crippen LogP contribution in [0.1, 0.15) is 18.9 Å². The number of hydrogen-bond acceptors (Lipinski definition) is 3. The Labute approximate surface area is 127 Å². The van der Waals surface area contributed by atoms with Gasteiger partial charge in [-0.3, -0.25) is 4.79 Å². The molecule has 0 fully saturated rings. The molecule has 0 N–H and O–H groups in total. The Kier molecular flexibility index (Phi) is 4.50. The number of rotatable bonds is 4. The molecule has 0 aromatic heterocycles. The summed E-state index contributed by atoms with van der Waals surface area (Å²) in [5, 5.41) is 0. The summed E-state index contributed by atoms with van der Waals surface area (Å²) >= 11 is 2.24. The number of halogens is 1. The summed E-state index contributed by atoms with van der Waals surface area (Å²) in [4.78, 5) is 13.6. The number of fused-ring (bicyclic) bond motifs is 1. The highest BCUT2D eigenvalue weighted by atomic mass is 127. The summed E-state index contributed by atoms with van der Waals surface area (Å²) in [7, 11) is -3.05. The molecule has 2 rings (SSSR count). The summed E-state index contributed by atoms with van der Waals surface area (Å²) in [5.74, 6) is 0.162. The fraction of sp³-hybridized carbons (Fsp3) is 0.462. The van der Waals surface area contributed by atoms with Gasteiger partial charge in [0, 0.05) is 28.0 Å². The maximum Gasteiger partial charge on any atom is 0.227 e. The second-order valence-corrected chi connectivity index (χ2v) is 8.27. The van der Waals surface area contributed by atoms with Crippen LogP contribution in [0.15, 0.2) is 18.2 Å². The minimum absolute atomic E-state index is 0.0139. The van der Waals surface area contributed by atoms with Crippen molar-refractivity contribution in [2.75, 3.05) is 23.0 Å². The van der Waals surface area contributed by atoms with Gasteiger partial charge in [-0.1, -0.05) is 6.92 Å². The number of hydrogen-bond donors (Lipinski definition) is 0. The van der Waals surface area contributed by atoms with Crippen LogP contribution >= 0.6 is 22.6 Å². The molecule has 1 aromatic carbocycles. The molecule has 0 spiro atoms. The lowest BCUT2D eigenvalue weighted by molar-refractivity contribution is -0.118. The fourth-order valence-electron chi connectivity index (χ4n) is 2.15. The highest BCUT2D eigenvalue weighted by Crippen LogP contribution is 2.29. The third-order valence-electron chi connectivity index (χ3n) is 3.31. The van der Waals surface area contributed by atoms with Gasteiger partial charge < -0.3 is 4.90 Å². The molecule has 0 saturated carbocycles. The van der Waals surface area contributed by atoms with Gasteiger partial charge in [-0.15, -0.1) is 0 Å². The van der Waals surface area contributed by atoms with Crippen molar-refractivity contribution in [3.05, 3.63) is 27.3 Å². The van der Waals surface area contributed by atoms with Crippen molar-refractivity contribution in [2.24, 2.45) is 0 Å². The first kappa shape index (κ1) is 14.8. The number of sulfone groups is 1. The summed E-state index contributed by atoms with van der Waals surface area (Å²) in [6.07, 6.45) is 1.20. The highest BCUT2D eigenvalue weighted by Gasteiger charge is 2.25. The topological polar surface area (TPSA) is 54.5 Å². The van der Waals surface area contributed by atoms with E-state index in [-0.39, 0.29) is 24.0 Å². The lowest BCUT2D eigenvalue weighted by Gasteiger charge is -2.29. The second kappa shape index (κ2) is 5.78. The molecule has 0 aliphatic carbocycles. The predicted molar refractivity (Wildman–Crippen MR) is 84.2 cm³/mol. The highest BCUT2D eigenvalue weighted by molar-refractivity contribution is 14.1. The van der Waals surface area contributed by atoms with E-state index >= 15 is 0 Å². The normalized spacial score (nSPS) is 15.5. The molecule has 1 aromatic rings. The van der Waals surface area contributed by atoms with Gasteiger partial charge in [0.05, 0.1) is 5.75 Å². The smallest absolute Gasteiger partial charge is 0.227 e. The zero-order chi connectivity index (χ0) is 14.0. The van der Waals surface area contributed by atoms with Crippen molar-refractivity contribution in [3.8, 4) is 0 Å². The van der Waals surface area contributed by atoms with E-state index in [1.807, 2.05) is 12.1 Å². The molecule has 1 amide bonds. The van der Waals surface area contributed by atoms with Gasteiger partial charge in [0.2, 0.25) is 5.91 Å². The van der Waals surface area contributed by atoms with Crippen LogP contribution in [0.4, 0.5) is 5.69 Å². The molecule has 1 aliphatic heterocycles. The van der Waals surface area contributed by atoms with Crippen LogP contribution in [0.2, 0.25) is 0 Å². The molecule has 0 unspecified atom stereocenters. The number of benzene rings is 1. The molecule has 6 heteroatoms. The van der Waals surface area contributed by atoms with E-state index in [9.17, 15) is 13.2 Å². The van der Waals surface area contributed by atoms with Crippen LogP contribution < -0.4 is 4.90 Å². The number of amides is 1. The Morgan fingerprint density at radius 3 is 2.74 bits per heavy atom. The lowest BCUT2D eigenvalue weighted by Crippen LogP contribution is -2.38. The summed E-state index contributed by atoms with van der Waals surface area (Å²) < 4.78 is 24.3. The fourth-order valence-corrected chi connectivity index (χ4v) is 3.45. The maximum atomic E-state index is 12.0. The molecule has 1 aliphatic rings. The zero-order valence-corrected chi connectivity index (χ0v) is 13.7. The number of nitrogens with zero attached hydrogens (tertiary/aromatic N) is 1. The van der Waals surface area contributed by atoms with Crippen molar-refractivity contribution in [1.82, 2.24) is 0 Å². The molecular formula is C13H16INO3S. The monoisotopic (exact) mass is 393 g/mol. The average molecular weight is 393 g/mol. The minimum atomic E-state index is -3.05. The molecule has 0 radical (unpaired) electrons. The Morgan fingerprint density at radius 2 is 2.05 bits per heavy atom. The molecular weight excluding hydrogens is 377 g/mol. The van der Waals surface area contributed by atoms with Gasteiger partial charge in [0.15, 0.2) is 9.84 Å². The molecule has 104 valence electrons. The van der Waals surface area contributed by atoms with Crippen LogP contribution in [0, 0.1) is 3.57 Å². The number of carbonyl (C=O) groups is 1. The third kappa shape index (κ3) is 3.47. The van der Waals surface area contributed by atoms with E-state index in [2.05, 4.69) is 28.7 Å². The lowest BCUT2D eigenvalue weighted by atomic mass is 10.0. The molecule has 0 bridgehead atoms. The van der Waals surface area contributed by atoms with E-state index in [0.717, 1.165) is 21.2 Å². The number of anilines is 1. The first-order chi connectivity index (χ1) is 8.93. The van der Waals surface area contributed by atoms with E-state index in [4.69, 9.17) is 0 Å². The maximum absolute atomic E-state index is 12.0. The Balaban J connectivity index is 2.24. The Morgan fingerprint density at radius 1 is 1.32 bits per heavy atom. The molecule has 0 atom stereocenters. The quantitative estimate of drug-likeness (QED) is 0.736. The largest absolute Gasteiger partial charge is 0.311 e. The Hall–Kier alpha value is -0.630. The standard InChI is InChI=1S/C13H16INO3S/c1-2-19(17,18)8-7-15-12-5-4-11(14)9-10(12)3-6-13(15)16/h4-5,9H,2-3,6-8H2,1H3. The van der Waals surface area contributed by atoms with Crippen molar-refractivity contribution in [3.63, 3.8) is 0 Å². The molecule has 1 heterocycles. The summed E-state index contributed by atoms with van der Waals surface area (Å²) in [5.41, 5.74) is 1.99. The summed E-state index contributed by atoms with van der Waals surface area (Å²) in [6.45, 7) is 1.88. The number of carbonyl (C=O) groups excluding carboxylic acids is 1. The van der Waals surface area contributed by atoms with Gasteiger partial charge in [-0.2, -0.15) is 0 Å².